The summed E-state index contributed by atoms with van der Waals surface area (Å²) in [5.41, 5.74) is 0.416. The Bertz CT molecular complexity index is 153. The third-order valence-corrected chi connectivity index (χ3v) is 2.45. The molecule has 0 spiro atoms. The lowest BCUT2D eigenvalue weighted by Crippen LogP contribution is -2.43. The second-order valence-corrected chi connectivity index (χ2v) is 4.53. The second kappa shape index (κ2) is 2.98. The molecule has 0 aromatic rings. The van der Waals surface area contributed by atoms with Crippen LogP contribution >= 0.6 is 0 Å². The molecule has 11 heavy (non-hydrogen) atoms. The SMILES string of the molecule is CN1CC=CCC1C(C)(C)C. The minimum Gasteiger partial charge on any atom is -0.299 e. The highest BCUT2D eigenvalue weighted by molar-refractivity contribution is 4.98. The zero-order chi connectivity index (χ0) is 8.48. The van der Waals surface area contributed by atoms with E-state index in [2.05, 4.69) is 44.9 Å². The van der Waals surface area contributed by atoms with Gasteiger partial charge in [-0.3, -0.25) is 4.90 Å². The Balaban J connectivity index is 2.64. The number of hydrogen-bond donors (Lipinski definition) is 0. The lowest BCUT2D eigenvalue weighted by molar-refractivity contribution is 0.133. The zero-order valence-corrected chi connectivity index (χ0v) is 8.09. The first-order chi connectivity index (χ1) is 5.02. The van der Waals surface area contributed by atoms with Crippen LogP contribution in [0.3, 0.4) is 0 Å². The van der Waals surface area contributed by atoms with Crippen LogP contribution in [-0.4, -0.2) is 24.5 Å². The normalized spacial score (nSPS) is 27.5. The zero-order valence-electron chi connectivity index (χ0n) is 8.09. The van der Waals surface area contributed by atoms with Gasteiger partial charge in [-0.1, -0.05) is 32.9 Å². The number of likely N-dealkylation sites (N-methyl/N-ethyl adjacent to an activating group) is 1. The molecule has 1 aliphatic rings. The van der Waals surface area contributed by atoms with Gasteiger partial charge in [0.2, 0.25) is 0 Å². The highest BCUT2D eigenvalue weighted by Crippen LogP contribution is 2.28. The molecule has 0 aromatic carbocycles. The van der Waals surface area contributed by atoms with Crippen LogP contribution in [0.15, 0.2) is 12.2 Å². The van der Waals surface area contributed by atoms with Crippen molar-refractivity contribution in [2.75, 3.05) is 13.6 Å². The van der Waals surface area contributed by atoms with Crippen molar-refractivity contribution in [3.63, 3.8) is 0 Å². The number of hydrogen-bond acceptors (Lipinski definition) is 1. The molecule has 0 saturated heterocycles. The summed E-state index contributed by atoms with van der Waals surface area (Å²) in [5.74, 6) is 0. The fourth-order valence-electron chi connectivity index (χ4n) is 1.79. The van der Waals surface area contributed by atoms with E-state index in [-0.39, 0.29) is 0 Å². The molecule has 0 bridgehead atoms. The Labute approximate surface area is 70.1 Å². The number of nitrogens with zero attached hydrogens (tertiary/aromatic N) is 1. The molecule has 1 heterocycles. The summed E-state index contributed by atoms with van der Waals surface area (Å²) >= 11 is 0. The van der Waals surface area contributed by atoms with Gasteiger partial charge in [0.15, 0.2) is 0 Å². The lowest BCUT2D eigenvalue weighted by Gasteiger charge is -2.39. The molecule has 0 saturated carbocycles. The number of rotatable bonds is 0. The van der Waals surface area contributed by atoms with E-state index in [1.165, 1.54) is 6.42 Å². The minimum absolute atomic E-state index is 0.416. The maximum absolute atomic E-state index is 2.43. The highest BCUT2D eigenvalue weighted by atomic mass is 15.1. The summed E-state index contributed by atoms with van der Waals surface area (Å²) in [5, 5.41) is 0. The van der Waals surface area contributed by atoms with Crippen molar-refractivity contribution in [3.8, 4) is 0 Å². The van der Waals surface area contributed by atoms with E-state index in [1.54, 1.807) is 0 Å². The first kappa shape index (κ1) is 8.79. The third kappa shape index (κ3) is 2.06. The van der Waals surface area contributed by atoms with Crippen LogP contribution < -0.4 is 0 Å². The van der Waals surface area contributed by atoms with Gasteiger partial charge in [0, 0.05) is 12.6 Å². The van der Waals surface area contributed by atoms with Gasteiger partial charge in [0.25, 0.3) is 0 Å². The molecule has 64 valence electrons. The van der Waals surface area contributed by atoms with Crippen LogP contribution in [0.2, 0.25) is 0 Å². The van der Waals surface area contributed by atoms with Crippen LogP contribution in [0.5, 0.6) is 0 Å². The van der Waals surface area contributed by atoms with E-state index in [4.69, 9.17) is 0 Å². The Morgan fingerprint density at radius 1 is 1.27 bits per heavy atom. The predicted octanol–water partition coefficient (Wildman–Crippen LogP) is 2.29. The summed E-state index contributed by atoms with van der Waals surface area (Å²) < 4.78 is 0. The average molecular weight is 153 g/mol. The lowest BCUT2D eigenvalue weighted by atomic mass is 9.83. The molecule has 1 atom stereocenters. The van der Waals surface area contributed by atoms with Gasteiger partial charge < -0.3 is 0 Å². The Morgan fingerprint density at radius 3 is 2.27 bits per heavy atom. The molecule has 1 nitrogen and oxygen atoms in total. The Morgan fingerprint density at radius 2 is 1.91 bits per heavy atom. The molecule has 0 radical (unpaired) electrons. The third-order valence-electron chi connectivity index (χ3n) is 2.45. The van der Waals surface area contributed by atoms with Gasteiger partial charge in [-0.15, -0.1) is 0 Å². The standard InChI is InChI=1S/C10H19N/c1-10(2,3)9-7-5-6-8-11(9)4/h5-6,9H,7-8H2,1-4H3. The van der Waals surface area contributed by atoms with Crippen LogP contribution in [0.25, 0.3) is 0 Å². The van der Waals surface area contributed by atoms with Crippen molar-refractivity contribution in [1.29, 1.82) is 0 Å². The molecule has 0 N–H and O–H groups in total. The Hall–Kier alpha value is -0.300. The molecule has 1 heteroatoms. The van der Waals surface area contributed by atoms with E-state index in [9.17, 15) is 0 Å². The van der Waals surface area contributed by atoms with Gasteiger partial charge >= 0.3 is 0 Å². The van der Waals surface area contributed by atoms with Crippen molar-refractivity contribution < 1.29 is 0 Å². The van der Waals surface area contributed by atoms with Gasteiger partial charge in [-0.05, 0) is 18.9 Å². The minimum atomic E-state index is 0.416. The van der Waals surface area contributed by atoms with Crippen LogP contribution in [0.1, 0.15) is 27.2 Å². The van der Waals surface area contributed by atoms with Crippen molar-refractivity contribution in [2.45, 2.75) is 33.2 Å². The van der Waals surface area contributed by atoms with Gasteiger partial charge in [0.05, 0.1) is 0 Å². The van der Waals surface area contributed by atoms with Gasteiger partial charge in [-0.25, -0.2) is 0 Å². The van der Waals surface area contributed by atoms with Crippen LogP contribution in [0, 0.1) is 5.41 Å². The molecule has 0 aliphatic carbocycles. The molecule has 0 fully saturated rings. The quantitative estimate of drug-likeness (QED) is 0.483. The van der Waals surface area contributed by atoms with Gasteiger partial charge in [-0.2, -0.15) is 0 Å². The molecule has 0 amide bonds. The van der Waals surface area contributed by atoms with E-state index < -0.39 is 0 Å². The molecular formula is C10H19N. The molecule has 0 aromatic heterocycles. The largest absolute Gasteiger partial charge is 0.299 e. The topological polar surface area (TPSA) is 3.24 Å². The summed E-state index contributed by atoms with van der Waals surface area (Å²) in [6.07, 6.45) is 5.76. The van der Waals surface area contributed by atoms with E-state index >= 15 is 0 Å². The van der Waals surface area contributed by atoms with Crippen molar-refractivity contribution in [2.24, 2.45) is 5.41 Å². The summed E-state index contributed by atoms with van der Waals surface area (Å²) in [6, 6.07) is 0.715. The molecule has 1 aliphatic heterocycles. The summed E-state index contributed by atoms with van der Waals surface area (Å²) in [6.45, 7) is 8.05. The highest BCUT2D eigenvalue weighted by Gasteiger charge is 2.27. The fraction of sp³-hybridized carbons (Fsp3) is 0.800. The molecule has 1 rings (SSSR count). The van der Waals surface area contributed by atoms with Crippen molar-refractivity contribution >= 4 is 0 Å². The fourth-order valence-corrected chi connectivity index (χ4v) is 1.79. The van der Waals surface area contributed by atoms with Crippen LogP contribution in [-0.2, 0) is 0 Å². The summed E-state index contributed by atoms with van der Waals surface area (Å²) in [7, 11) is 2.21. The monoisotopic (exact) mass is 153 g/mol. The van der Waals surface area contributed by atoms with Crippen LogP contribution in [0.4, 0.5) is 0 Å². The van der Waals surface area contributed by atoms with Crippen molar-refractivity contribution in [3.05, 3.63) is 12.2 Å². The maximum Gasteiger partial charge on any atom is 0.0178 e. The van der Waals surface area contributed by atoms with E-state index in [0.717, 1.165) is 6.54 Å². The van der Waals surface area contributed by atoms with E-state index in [1.807, 2.05) is 0 Å². The molecular weight excluding hydrogens is 134 g/mol. The first-order valence-electron chi connectivity index (χ1n) is 4.37. The smallest absolute Gasteiger partial charge is 0.0178 e. The average Bonchev–Trinajstić information content (AvgIpc) is 1.86. The van der Waals surface area contributed by atoms with Crippen molar-refractivity contribution in [1.82, 2.24) is 4.90 Å². The maximum atomic E-state index is 2.43. The Kier molecular flexibility index (Phi) is 2.38. The first-order valence-corrected chi connectivity index (χ1v) is 4.37. The second-order valence-electron chi connectivity index (χ2n) is 4.53. The van der Waals surface area contributed by atoms with E-state index in [0.29, 0.717) is 11.5 Å². The molecule has 1 unspecified atom stereocenters. The predicted molar refractivity (Wildman–Crippen MR) is 49.6 cm³/mol. The van der Waals surface area contributed by atoms with Gasteiger partial charge in [0.1, 0.15) is 0 Å². The summed E-state index contributed by atoms with van der Waals surface area (Å²) in [4.78, 5) is 2.43.